The number of hydrogen-bond donors (Lipinski definition) is 3. The van der Waals surface area contributed by atoms with Gasteiger partial charge in [0.1, 0.15) is 0 Å². The van der Waals surface area contributed by atoms with E-state index in [0.29, 0.717) is 6.54 Å². The molecule has 0 spiro atoms. The molecule has 1 atom stereocenters. The van der Waals surface area contributed by atoms with Gasteiger partial charge in [-0.15, -0.1) is 0 Å². The second kappa shape index (κ2) is 5.18. The van der Waals surface area contributed by atoms with E-state index in [-0.39, 0.29) is 11.9 Å². The highest BCUT2D eigenvalue weighted by atomic mass is 16.4. The number of pyridine rings is 1. The predicted octanol–water partition coefficient (Wildman–Crippen LogP) is 0.479. The molecule has 14 heavy (non-hydrogen) atoms. The van der Waals surface area contributed by atoms with Crippen LogP contribution in [0.2, 0.25) is 0 Å². The van der Waals surface area contributed by atoms with Crippen LogP contribution in [-0.2, 0) is 0 Å². The third-order valence-electron chi connectivity index (χ3n) is 1.92. The first-order valence-corrected chi connectivity index (χ1v) is 4.33. The average molecular weight is 194 g/mol. The summed E-state index contributed by atoms with van der Waals surface area (Å²) in [6.45, 7) is 2.36. The number of amidine groups is 1. The molecule has 1 heterocycles. The highest BCUT2D eigenvalue weighted by Gasteiger charge is 2.04. The zero-order valence-corrected chi connectivity index (χ0v) is 8.01. The van der Waals surface area contributed by atoms with Crippen LogP contribution in [-0.4, -0.2) is 22.6 Å². The number of oxime groups is 1. The van der Waals surface area contributed by atoms with E-state index < -0.39 is 0 Å². The molecule has 5 nitrogen and oxygen atoms in total. The lowest BCUT2D eigenvalue weighted by atomic mass is 10.1. The largest absolute Gasteiger partial charge is 0.409 e. The molecule has 0 aliphatic heterocycles. The fourth-order valence-corrected chi connectivity index (χ4v) is 1.06. The lowest BCUT2D eigenvalue weighted by molar-refractivity contribution is 0.316. The fraction of sp³-hybridized carbons (Fsp3) is 0.333. The van der Waals surface area contributed by atoms with E-state index in [2.05, 4.69) is 15.5 Å². The topological polar surface area (TPSA) is 83.5 Å². The Morgan fingerprint density at radius 2 is 2.29 bits per heavy atom. The van der Waals surface area contributed by atoms with Gasteiger partial charge in [0, 0.05) is 18.4 Å². The zero-order valence-electron chi connectivity index (χ0n) is 8.01. The molecule has 0 unspecified atom stereocenters. The standard InChI is InChI=1S/C9H14N4O/c1-7(12-6-9(10)13-14)8-2-4-11-5-3-8/h2-5,7,12,14H,6H2,1H3,(H2,10,13)/t7-/m1/s1. The van der Waals surface area contributed by atoms with Gasteiger partial charge in [-0.25, -0.2) is 0 Å². The van der Waals surface area contributed by atoms with E-state index in [1.165, 1.54) is 0 Å². The van der Waals surface area contributed by atoms with E-state index in [4.69, 9.17) is 10.9 Å². The summed E-state index contributed by atoms with van der Waals surface area (Å²) in [6, 6.07) is 3.99. The van der Waals surface area contributed by atoms with E-state index in [1.807, 2.05) is 19.1 Å². The predicted molar refractivity (Wildman–Crippen MR) is 54.1 cm³/mol. The SMILES string of the molecule is C[C@@H](NC/C(N)=N/O)c1ccncc1. The van der Waals surface area contributed by atoms with E-state index in [9.17, 15) is 0 Å². The van der Waals surface area contributed by atoms with E-state index in [1.54, 1.807) is 12.4 Å². The molecule has 5 heteroatoms. The van der Waals surface area contributed by atoms with Crippen LogP contribution < -0.4 is 11.1 Å². The second-order valence-electron chi connectivity index (χ2n) is 2.97. The van der Waals surface area contributed by atoms with Gasteiger partial charge in [-0.1, -0.05) is 5.16 Å². The van der Waals surface area contributed by atoms with Crippen molar-refractivity contribution in [2.75, 3.05) is 6.54 Å². The van der Waals surface area contributed by atoms with Gasteiger partial charge in [-0.3, -0.25) is 4.98 Å². The quantitative estimate of drug-likeness (QED) is 0.282. The minimum atomic E-state index is 0.151. The lowest BCUT2D eigenvalue weighted by Gasteiger charge is -2.12. The molecule has 1 rings (SSSR count). The maximum atomic E-state index is 8.33. The van der Waals surface area contributed by atoms with Crippen LogP contribution in [0, 0.1) is 0 Å². The number of rotatable bonds is 4. The maximum Gasteiger partial charge on any atom is 0.153 e. The van der Waals surface area contributed by atoms with Crippen molar-refractivity contribution in [1.82, 2.24) is 10.3 Å². The highest BCUT2D eigenvalue weighted by Crippen LogP contribution is 2.08. The molecule has 0 bridgehead atoms. The first-order chi connectivity index (χ1) is 6.74. The van der Waals surface area contributed by atoms with Crippen molar-refractivity contribution in [2.24, 2.45) is 10.9 Å². The Morgan fingerprint density at radius 1 is 1.64 bits per heavy atom. The summed E-state index contributed by atoms with van der Waals surface area (Å²) in [7, 11) is 0. The van der Waals surface area contributed by atoms with Crippen molar-refractivity contribution < 1.29 is 5.21 Å². The molecule has 0 aliphatic rings. The monoisotopic (exact) mass is 194 g/mol. The summed E-state index contributed by atoms with van der Waals surface area (Å²) in [5.41, 5.74) is 6.44. The van der Waals surface area contributed by atoms with E-state index >= 15 is 0 Å². The normalized spacial score (nSPS) is 13.9. The number of hydrogen-bond acceptors (Lipinski definition) is 4. The second-order valence-corrected chi connectivity index (χ2v) is 2.97. The smallest absolute Gasteiger partial charge is 0.153 e. The molecular formula is C9H14N4O. The van der Waals surface area contributed by atoms with Crippen LogP contribution in [0.15, 0.2) is 29.7 Å². The summed E-state index contributed by atoms with van der Waals surface area (Å²) < 4.78 is 0. The molecule has 0 saturated heterocycles. The minimum absolute atomic E-state index is 0.151. The van der Waals surface area contributed by atoms with Crippen LogP contribution in [0.25, 0.3) is 0 Å². The van der Waals surface area contributed by atoms with Gasteiger partial charge in [0.25, 0.3) is 0 Å². The summed E-state index contributed by atoms with van der Waals surface area (Å²) >= 11 is 0. The maximum absolute atomic E-state index is 8.33. The number of nitrogens with zero attached hydrogens (tertiary/aromatic N) is 2. The Labute approximate surface area is 82.6 Å². The number of nitrogens with two attached hydrogens (primary N) is 1. The molecule has 0 aliphatic carbocycles. The fourth-order valence-electron chi connectivity index (χ4n) is 1.06. The lowest BCUT2D eigenvalue weighted by Crippen LogP contribution is -2.30. The van der Waals surface area contributed by atoms with Gasteiger partial charge in [-0.05, 0) is 24.6 Å². The van der Waals surface area contributed by atoms with Gasteiger partial charge in [0.05, 0.1) is 6.54 Å². The Hall–Kier alpha value is -1.62. The third kappa shape index (κ3) is 3.02. The first kappa shape index (κ1) is 10.5. The van der Waals surface area contributed by atoms with Crippen molar-refractivity contribution >= 4 is 5.84 Å². The molecule has 76 valence electrons. The van der Waals surface area contributed by atoms with Crippen molar-refractivity contribution in [2.45, 2.75) is 13.0 Å². The first-order valence-electron chi connectivity index (χ1n) is 4.33. The molecule has 0 fully saturated rings. The Kier molecular flexibility index (Phi) is 3.87. The van der Waals surface area contributed by atoms with Crippen molar-refractivity contribution in [3.63, 3.8) is 0 Å². The number of nitrogens with one attached hydrogen (secondary N) is 1. The third-order valence-corrected chi connectivity index (χ3v) is 1.92. The van der Waals surface area contributed by atoms with Gasteiger partial charge in [0.15, 0.2) is 5.84 Å². The highest BCUT2D eigenvalue weighted by molar-refractivity contribution is 5.81. The zero-order chi connectivity index (χ0) is 10.4. The summed E-state index contributed by atoms with van der Waals surface area (Å²) in [6.07, 6.45) is 3.47. The van der Waals surface area contributed by atoms with Crippen LogP contribution in [0.5, 0.6) is 0 Å². The summed E-state index contributed by atoms with van der Waals surface area (Å²) in [5.74, 6) is 0.172. The molecule has 0 radical (unpaired) electrons. The van der Waals surface area contributed by atoms with E-state index in [0.717, 1.165) is 5.56 Å². The van der Waals surface area contributed by atoms with Gasteiger partial charge >= 0.3 is 0 Å². The molecular weight excluding hydrogens is 180 g/mol. The van der Waals surface area contributed by atoms with Crippen molar-refractivity contribution in [3.05, 3.63) is 30.1 Å². The van der Waals surface area contributed by atoms with Gasteiger partial charge in [0.2, 0.25) is 0 Å². The van der Waals surface area contributed by atoms with Gasteiger partial charge < -0.3 is 16.3 Å². The van der Waals surface area contributed by atoms with Crippen molar-refractivity contribution in [1.29, 1.82) is 0 Å². The van der Waals surface area contributed by atoms with Gasteiger partial charge in [-0.2, -0.15) is 0 Å². The molecule has 1 aromatic heterocycles. The number of aromatic nitrogens is 1. The summed E-state index contributed by atoms with van der Waals surface area (Å²) in [4.78, 5) is 3.92. The molecule has 0 amide bonds. The van der Waals surface area contributed by atoms with Crippen LogP contribution >= 0.6 is 0 Å². The molecule has 0 saturated carbocycles. The Morgan fingerprint density at radius 3 is 2.86 bits per heavy atom. The van der Waals surface area contributed by atoms with Crippen LogP contribution in [0.3, 0.4) is 0 Å². The van der Waals surface area contributed by atoms with Crippen LogP contribution in [0.1, 0.15) is 18.5 Å². The molecule has 4 N–H and O–H groups in total. The average Bonchev–Trinajstić information content (AvgIpc) is 2.26. The molecule has 1 aromatic rings. The Bertz CT molecular complexity index is 299. The van der Waals surface area contributed by atoms with Crippen LogP contribution in [0.4, 0.5) is 0 Å². The molecule has 0 aromatic carbocycles. The minimum Gasteiger partial charge on any atom is -0.409 e. The summed E-state index contributed by atoms with van der Waals surface area (Å²) in [5, 5.41) is 14.3. The van der Waals surface area contributed by atoms with Crippen molar-refractivity contribution in [3.8, 4) is 0 Å². The Balaban J connectivity index is 2.47.